The number of carbonyl (C=O) groups is 1. The van der Waals surface area contributed by atoms with E-state index in [2.05, 4.69) is 10.6 Å². The third kappa shape index (κ3) is 8.36. The number of alkyl halides is 6. The normalized spacial score (nSPS) is 11.8. The summed E-state index contributed by atoms with van der Waals surface area (Å²) in [5.74, 6) is -0.174. The molecule has 9 heteroatoms. The first-order valence-corrected chi connectivity index (χ1v) is 12.9. The molecule has 4 rings (SSSR count). The Morgan fingerprint density at radius 3 is 1.54 bits per heavy atom. The highest BCUT2D eigenvalue weighted by molar-refractivity contribution is 6.04. The van der Waals surface area contributed by atoms with Gasteiger partial charge in [-0.1, -0.05) is 41.5 Å². The van der Waals surface area contributed by atoms with Crippen molar-refractivity contribution in [3.05, 3.63) is 129 Å². The summed E-state index contributed by atoms with van der Waals surface area (Å²) in [7, 11) is 0. The van der Waals surface area contributed by atoms with Gasteiger partial charge in [0, 0.05) is 23.5 Å². The maximum absolute atomic E-state index is 13.1. The van der Waals surface area contributed by atoms with Gasteiger partial charge in [0.25, 0.3) is 5.91 Å². The lowest BCUT2D eigenvalue weighted by Gasteiger charge is -2.15. The molecule has 0 aliphatic rings. The molecule has 0 fully saturated rings. The van der Waals surface area contributed by atoms with E-state index in [1.807, 2.05) is 68.4 Å². The second-order valence-electron chi connectivity index (χ2n) is 9.99. The summed E-state index contributed by atoms with van der Waals surface area (Å²) in [5, 5.41) is 5.80. The molecule has 0 radical (unpaired) electrons. The van der Waals surface area contributed by atoms with E-state index in [1.165, 1.54) is 0 Å². The van der Waals surface area contributed by atoms with E-state index in [1.54, 1.807) is 12.1 Å². The number of hydrogen-bond acceptors (Lipinski definition) is 2. The lowest BCUT2D eigenvalue weighted by atomic mass is 10.0. The molecule has 1 amide bonds. The van der Waals surface area contributed by atoms with Gasteiger partial charge in [0.1, 0.15) is 0 Å². The molecule has 41 heavy (non-hydrogen) atoms. The number of anilines is 2. The van der Waals surface area contributed by atoms with Crippen LogP contribution in [0, 0.1) is 13.8 Å². The van der Waals surface area contributed by atoms with Gasteiger partial charge >= 0.3 is 12.4 Å². The predicted octanol–water partition coefficient (Wildman–Crippen LogP) is 8.99. The zero-order chi connectivity index (χ0) is 29.8. The van der Waals surface area contributed by atoms with Crippen molar-refractivity contribution in [1.29, 1.82) is 0 Å². The summed E-state index contributed by atoms with van der Waals surface area (Å²) in [6, 6.07) is 22.0. The van der Waals surface area contributed by atoms with E-state index in [9.17, 15) is 31.1 Å². The van der Waals surface area contributed by atoms with Gasteiger partial charge in [0.15, 0.2) is 0 Å². The molecule has 0 spiro atoms. The first kappa shape index (κ1) is 29.7. The minimum Gasteiger partial charge on any atom is -0.381 e. The number of benzene rings is 4. The minimum absolute atomic E-state index is 0.119. The highest BCUT2D eigenvalue weighted by Crippen LogP contribution is 2.36. The highest BCUT2D eigenvalue weighted by atomic mass is 19.4. The number of rotatable bonds is 8. The molecule has 214 valence electrons. The minimum atomic E-state index is -4.88. The van der Waals surface area contributed by atoms with E-state index in [0.29, 0.717) is 16.9 Å². The summed E-state index contributed by atoms with van der Waals surface area (Å²) >= 11 is 0. The van der Waals surface area contributed by atoms with E-state index < -0.39 is 23.5 Å². The van der Waals surface area contributed by atoms with E-state index >= 15 is 0 Å². The van der Waals surface area contributed by atoms with Crippen LogP contribution in [0.1, 0.15) is 49.3 Å². The fourth-order valence-electron chi connectivity index (χ4n) is 4.47. The monoisotopic (exact) mass is 570 g/mol. The summed E-state index contributed by atoms with van der Waals surface area (Å²) in [6.45, 7) is 3.69. The zero-order valence-corrected chi connectivity index (χ0v) is 22.4. The standard InChI is InChI=1S/C32H28F6N2O/c1-20-13-21(2)15-25(14-20)30(41)40-29-11-7-23(8-12-29)4-3-22-5-9-28(10-6-22)39-19-24-16-26(31(33,34)35)18-27(17-24)32(36,37)38/h5-18,39H,3-4,19H2,1-2H3,(H,40,41). The molecule has 0 atom stereocenters. The zero-order valence-electron chi connectivity index (χ0n) is 22.4. The SMILES string of the molecule is Cc1cc(C)cc(C(=O)Nc2ccc(CCc3ccc(NCc4cc(C(F)(F)F)cc(C(F)(F)F)c4)cc3)cc2)c1. The highest BCUT2D eigenvalue weighted by Gasteiger charge is 2.36. The number of amides is 1. The molecule has 0 aliphatic heterocycles. The van der Waals surface area contributed by atoms with Crippen molar-refractivity contribution in [1.82, 2.24) is 0 Å². The van der Waals surface area contributed by atoms with Crippen LogP contribution >= 0.6 is 0 Å². The van der Waals surface area contributed by atoms with Crippen LogP contribution < -0.4 is 10.6 Å². The summed E-state index contributed by atoms with van der Waals surface area (Å²) in [4.78, 5) is 12.6. The van der Waals surface area contributed by atoms with Crippen molar-refractivity contribution in [3.63, 3.8) is 0 Å². The van der Waals surface area contributed by atoms with Crippen LogP contribution in [-0.4, -0.2) is 5.91 Å². The summed E-state index contributed by atoms with van der Waals surface area (Å²) < 4.78 is 78.6. The molecule has 3 nitrogen and oxygen atoms in total. The number of hydrogen-bond donors (Lipinski definition) is 2. The van der Waals surface area contributed by atoms with Gasteiger partial charge in [0.2, 0.25) is 0 Å². The predicted molar refractivity (Wildman–Crippen MR) is 148 cm³/mol. The smallest absolute Gasteiger partial charge is 0.381 e. The topological polar surface area (TPSA) is 41.1 Å². The first-order valence-electron chi connectivity index (χ1n) is 12.9. The van der Waals surface area contributed by atoms with Crippen LogP contribution in [0.4, 0.5) is 37.7 Å². The first-order chi connectivity index (χ1) is 19.3. The number of carbonyl (C=O) groups excluding carboxylic acids is 1. The van der Waals surface area contributed by atoms with Gasteiger partial charge in [0.05, 0.1) is 11.1 Å². The third-order valence-corrected chi connectivity index (χ3v) is 6.50. The Morgan fingerprint density at radius 1 is 0.610 bits per heavy atom. The fourth-order valence-corrected chi connectivity index (χ4v) is 4.47. The average Bonchev–Trinajstić information content (AvgIpc) is 2.90. The molecule has 0 unspecified atom stereocenters. The lowest BCUT2D eigenvalue weighted by molar-refractivity contribution is -0.143. The lowest BCUT2D eigenvalue weighted by Crippen LogP contribution is -2.13. The largest absolute Gasteiger partial charge is 0.416 e. The second kappa shape index (κ2) is 12.1. The van der Waals surface area contributed by atoms with Crippen LogP contribution in [0.15, 0.2) is 84.9 Å². The fraction of sp³-hybridized carbons (Fsp3) is 0.219. The van der Waals surface area contributed by atoms with Crippen molar-refractivity contribution in [2.75, 3.05) is 10.6 Å². The number of aryl methyl sites for hydroxylation is 4. The molecule has 0 aliphatic carbocycles. The maximum atomic E-state index is 13.1. The molecule has 0 saturated heterocycles. The molecule has 4 aromatic rings. The Bertz CT molecular complexity index is 1460. The summed E-state index contributed by atoms with van der Waals surface area (Å²) in [5.41, 5.74) is 3.19. The van der Waals surface area contributed by atoms with Crippen LogP contribution in [0.3, 0.4) is 0 Å². The molecule has 0 saturated carbocycles. The molecule has 4 aromatic carbocycles. The van der Waals surface area contributed by atoms with Gasteiger partial charge < -0.3 is 10.6 Å². The van der Waals surface area contributed by atoms with Gasteiger partial charge in [-0.25, -0.2) is 0 Å². The summed E-state index contributed by atoms with van der Waals surface area (Å²) in [6.07, 6.45) is -8.31. The molecule has 0 bridgehead atoms. The van der Waals surface area contributed by atoms with Crippen LogP contribution in [0.25, 0.3) is 0 Å². The van der Waals surface area contributed by atoms with Gasteiger partial charge in [-0.15, -0.1) is 0 Å². The molecule has 0 heterocycles. The number of nitrogens with one attached hydrogen (secondary N) is 2. The maximum Gasteiger partial charge on any atom is 0.416 e. The Kier molecular flexibility index (Phi) is 8.75. The quantitative estimate of drug-likeness (QED) is 0.208. The Morgan fingerprint density at radius 2 is 1.07 bits per heavy atom. The average molecular weight is 571 g/mol. The van der Waals surface area contributed by atoms with Crippen LogP contribution in [0.5, 0.6) is 0 Å². The van der Waals surface area contributed by atoms with E-state index in [0.717, 1.165) is 47.2 Å². The Balaban J connectivity index is 1.31. The van der Waals surface area contributed by atoms with Crippen molar-refractivity contribution in [2.45, 2.75) is 45.6 Å². The number of halogens is 6. The molecular weight excluding hydrogens is 542 g/mol. The van der Waals surface area contributed by atoms with Crippen molar-refractivity contribution in [2.24, 2.45) is 0 Å². The van der Waals surface area contributed by atoms with Crippen LogP contribution in [-0.2, 0) is 31.7 Å². The molecular formula is C32H28F6N2O. The van der Waals surface area contributed by atoms with Gasteiger partial charge in [-0.3, -0.25) is 4.79 Å². The van der Waals surface area contributed by atoms with Crippen molar-refractivity contribution >= 4 is 17.3 Å². The second-order valence-corrected chi connectivity index (χ2v) is 9.99. The van der Waals surface area contributed by atoms with Gasteiger partial charge in [-0.2, -0.15) is 26.3 Å². The van der Waals surface area contributed by atoms with Crippen LogP contribution in [0.2, 0.25) is 0 Å². The van der Waals surface area contributed by atoms with E-state index in [-0.39, 0.29) is 24.1 Å². The van der Waals surface area contributed by atoms with E-state index in [4.69, 9.17) is 0 Å². The van der Waals surface area contributed by atoms with Gasteiger partial charge in [-0.05, 0) is 98.0 Å². The third-order valence-electron chi connectivity index (χ3n) is 6.50. The van der Waals surface area contributed by atoms with Crippen molar-refractivity contribution < 1.29 is 31.1 Å². The Hall–Kier alpha value is -4.27. The Labute approximate surface area is 234 Å². The van der Waals surface area contributed by atoms with Crippen molar-refractivity contribution in [3.8, 4) is 0 Å². The molecule has 0 aromatic heterocycles. The molecule has 2 N–H and O–H groups in total.